The number of ketones is 1. The number of carboxylic acid groups (broad SMARTS) is 1. The third-order valence-electron chi connectivity index (χ3n) is 5.81. The van der Waals surface area contributed by atoms with Crippen LogP contribution in [0.3, 0.4) is 0 Å². The van der Waals surface area contributed by atoms with Gasteiger partial charge in [-0.2, -0.15) is 0 Å². The van der Waals surface area contributed by atoms with Crippen molar-refractivity contribution in [1.29, 1.82) is 0 Å². The average Bonchev–Trinajstić information content (AvgIpc) is 2.68. The van der Waals surface area contributed by atoms with Crippen LogP contribution in [0.1, 0.15) is 74.5 Å². The molecular weight excluding hydrogens is 364 g/mol. The maximum atomic E-state index is 12.2. The molecule has 4 nitrogen and oxygen atoms in total. The summed E-state index contributed by atoms with van der Waals surface area (Å²) in [6.07, 6.45) is 1.77. The van der Waals surface area contributed by atoms with Gasteiger partial charge in [-0.1, -0.05) is 58.9 Å². The average molecular weight is 397 g/mol. The van der Waals surface area contributed by atoms with Crippen LogP contribution in [0, 0.1) is 12.3 Å². The van der Waals surface area contributed by atoms with Crippen molar-refractivity contribution in [3.8, 4) is 5.75 Å². The second-order valence-corrected chi connectivity index (χ2v) is 8.61. The molecule has 0 fully saturated rings. The van der Waals surface area contributed by atoms with Crippen molar-refractivity contribution < 1.29 is 19.4 Å². The van der Waals surface area contributed by atoms with Crippen LogP contribution in [-0.2, 0) is 10.2 Å². The first kappa shape index (κ1) is 22.7. The fourth-order valence-electron chi connectivity index (χ4n) is 3.63. The zero-order valence-corrected chi connectivity index (χ0v) is 18.3. The fraction of sp³-hybridized carbons (Fsp3) is 0.440. The van der Waals surface area contributed by atoms with Crippen LogP contribution < -0.4 is 4.74 Å². The first-order valence-electron chi connectivity index (χ1n) is 10.2. The zero-order chi connectivity index (χ0) is 21.8. The highest BCUT2D eigenvalue weighted by Gasteiger charge is 2.31. The van der Waals surface area contributed by atoms with E-state index in [1.54, 1.807) is 12.1 Å². The van der Waals surface area contributed by atoms with Crippen LogP contribution in [0.15, 0.2) is 42.5 Å². The lowest BCUT2D eigenvalue weighted by Gasteiger charge is -2.34. The van der Waals surface area contributed by atoms with Crippen molar-refractivity contribution in [2.75, 3.05) is 6.61 Å². The molecule has 2 aromatic carbocycles. The van der Waals surface area contributed by atoms with Crippen LogP contribution >= 0.6 is 0 Å². The number of hydrogen-bond acceptors (Lipinski definition) is 3. The van der Waals surface area contributed by atoms with E-state index >= 15 is 0 Å². The second kappa shape index (κ2) is 8.81. The van der Waals surface area contributed by atoms with Crippen LogP contribution in [0.5, 0.6) is 5.75 Å². The third kappa shape index (κ3) is 4.87. The molecule has 0 amide bonds. The number of benzene rings is 2. The Hall–Kier alpha value is -2.62. The topological polar surface area (TPSA) is 63.6 Å². The normalized spacial score (nSPS) is 11.9. The highest BCUT2D eigenvalue weighted by molar-refractivity contribution is 5.87. The number of aromatic carboxylic acids is 1. The molecule has 4 heteroatoms. The summed E-state index contributed by atoms with van der Waals surface area (Å²) in [5.74, 6) is -0.137. The smallest absolute Gasteiger partial charge is 0.335 e. The van der Waals surface area contributed by atoms with Crippen LogP contribution in [0.4, 0.5) is 0 Å². The minimum Gasteiger partial charge on any atom is -0.486 e. The minimum absolute atomic E-state index is 0.0625. The predicted octanol–water partition coefficient (Wildman–Crippen LogP) is 5.79. The number of carbonyl (C=O) groups is 2. The van der Waals surface area contributed by atoms with Gasteiger partial charge in [0.15, 0.2) is 5.78 Å². The molecule has 0 saturated heterocycles. The molecule has 0 aromatic heterocycles. The largest absolute Gasteiger partial charge is 0.486 e. The number of aryl methyl sites for hydroxylation is 1. The van der Waals surface area contributed by atoms with Crippen LogP contribution in [-0.4, -0.2) is 23.5 Å². The van der Waals surface area contributed by atoms with E-state index in [0.29, 0.717) is 11.3 Å². The summed E-state index contributed by atoms with van der Waals surface area (Å²) < 4.78 is 5.79. The van der Waals surface area contributed by atoms with Crippen molar-refractivity contribution in [1.82, 2.24) is 0 Å². The number of carbonyl (C=O) groups excluding carboxylic acids is 1. The molecule has 0 atom stereocenters. The van der Waals surface area contributed by atoms with Crippen LogP contribution in [0.2, 0.25) is 0 Å². The molecule has 0 spiro atoms. The molecule has 0 unspecified atom stereocenters. The molecule has 0 aliphatic rings. The minimum atomic E-state index is -0.919. The fourth-order valence-corrected chi connectivity index (χ4v) is 3.63. The maximum absolute atomic E-state index is 12.2. The molecule has 0 saturated carbocycles. The van der Waals surface area contributed by atoms with Crippen molar-refractivity contribution in [3.05, 3.63) is 64.7 Å². The van der Waals surface area contributed by atoms with Gasteiger partial charge >= 0.3 is 5.97 Å². The van der Waals surface area contributed by atoms with Crippen molar-refractivity contribution in [3.63, 3.8) is 0 Å². The van der Waals surface area contributed by atoms with E-state index in [1.807, 2.05) is 45.9 Å². The van der Waals surface area contributed by atoms with Crippen molar-refractivity contribution in [2.24, 2.45) is 5.41 Å². The van der Waals surface area contributed by atoms with E-state index in [2.05, 4.69) is 26.0 Å². The van der Waals surface area contributed by atoms with Gasteiger partial charge in [0.25, 0.3) is 0 Å². The SMILES string of the molecule is CCC(CC)(c1ccc(C(=O)O)cc1)c1ccc(OCC(=O)C(C)(C)C)c(C)c1. The number of carboxylic acids is 1. The van der Waals surface area contributed by atoms with Gasteiger partial charge in [0, 0.05) is 10.8 Å². The lowest BCUT2D eigenvalue weighted by atomic mass is 9.70. The summed E-state index contributed by atoms with van der Waals surface area (Å²) in [6, 6.07) is 13.3. The second-order valence-electron chi connectivity index (χ2n) is 8.61. The molecule has 0 heterocycles. The molecule has 0 aliphatic heterocycles. The Bertz CT molecular complexity index is 869. The predicted molar refractivity (Wildman–Crippen MR) is 116 cm³/mol. The Labute approximate surface area is 173 Å². The van der Waals surface area contributed by atoms with Gasteiger partial charge < -0.3 is 9.84 Å². The summed E-state index contributed by atoms with van der Waals surface area (Å²) in [5, 5.41) is 9.18. The van der Waals surface area contributed by atoms with Crippen molar-refractivity contribution in [2.45, 2.75) is 59.8 Å². The van der Waals surface area contributed by atoms with Gasteiger partial charge in [0.05, 0.1) is 5.56 Å². The van der Waals surface area contributed by atoms with Gasteiger partial charge in [0.1, 0.15) is 12.4 Å². The molecule has 1 N–H and O–H groups in total. The molecule has 0 radical (unpaired) electrons. The van der Waals surface area contributed by atoms with E-state index < -0.39 is 11.4 Å². The number of rotatable bonds is 8. The first-order chi connectivity index (χ1) is 13.5. The summed E-state index contributed by atoms with van der Waals surface area (Å²) in [5.41, 5.74) is 2.91. The van der Waals surface area contributed by atoms with Gasteiger partial charge in [0.2, 0.25) is 0 Å². The molecule has 2 rings (SSSR count). The van der Waals surface area contributed by atoms with Gasteiger partial charge in [-0.05, 0) is 54.7 Å². The highest BCUT2D eigenvalue weighted by atomic mass is 16.5. The molecule has 2 aromatic rings. The third-order valence-corrected chi connectivity index (χ3v) is 5.81. The number of ether oxygens (including phenoxy) is 1. The van der Waals surface area contributed by atoms with E-state index in [1.165, 1.54) is 0 Å². The molecule has 0 aliphatic carbocycles. The van der Waals surface area contributed by atoms with Crippen LogP contribution in [0.25, 0.3) is 0 Å². The Morgan fingerprint density at radius 2 is 1.48 bits per heavy atom. The molecular formula is C25H32O4. The standard InChI is InChI=1S/C25H32O4/c1-7-25(8-2,19-11-9-18(10-12-19)23(27)28)20-13-14-21(17(3)15-20)29-16-22(26)24(4,5)6/h9-15H,7-8,16H2,1-6H3,(H,27,28). The Balaban J connectivity index is 2.35. The monoisotopic (exact) mass is 396 g/mol. The summed E-state index contributed by atoms with van der Waals surface area (Å²) in [6.45, 7) is 12.0. The lowest BCUT2D eigenvalue weighted by Crippen LogP contribution is -2.27. The van der Waals surface area contributed by atoms with Gasteiger partial charge in [-0.3, -0.25) is 4.79 Å². The summed E-state index contributed by atoms with van der Waals surface area (Å²) >= 11 is 0. The molecule has 0 bridgehead atoms. The molecule has 156 valence electrons. The highest BCUT2D eigenvalue weighted by Crippen LogP contribution is 2.40. The van der Waals surface area contributed by atoms with E-state index in [4.69, 9.17) is 4.74 Å². The quantitative estimate of drug-likeness (QED) is 0.613. The zero-order valence-electron chi connectivity index (χ0n) is 18.3. The Morgan fingerprint density at radius 1 is 0.931 bits per heavy atom. The Kier molecular flexibility index (Phi) is 6.89. The first-order valence-corrected chi connectivity index (χ1v) is 10.2. The summed E-state index contributed by atoms with van der Waals surface area (Å²) in [7, 11) is 0. The van der Waals surface area contributed by atoms with Gasteiger partial charge in [-0.15, -0.1) is 0 Å². The van der Waals surface area contributed by atoms with E-state index in [-0.39, 0.29) is 17.8 Å². The number of Topliss-reactive ketones (excluding diaryl/α,β-unsaturated/α-hetero) is 1. The van der Waals surface area contributed by atoms with E-state index in [0.717, 1.165) is 29.5 Å². The van der Waals surface area contributed by atoms with Gasteiger partial charge in [-0.25, -0.2) is 4.79 Å². The maximum Gasteiger partial charge on any atom is 0.335 e. The van der Waals surface area contributed by atoms with E-state index in [9.17, 15) is 14.7 Å². The summed E-state index contributed by atoms with van der Waals surface area (Å²) in [4.78, 5) is 23.3. The molecule has 29 heavy (non-hydrogen) atoms. The Morgan fingerprint density at radius 3 is 1.93 bits per heavy atom. The van der Waals surface area contributed by atoms with Crippen molar-refractivity contribution >= 4 is 11.8 Å². The number of hydrogen-bond donors (Lipinski definition) is 1. The lowest BCUT2D eigenvalue weighted by molar-refractivity contribution is -0.128.